The maximum absolute atomic E-state index is 12.3. The average molecular weight is 782 g/mol. The van der Waals surface area contributed by atoms with Crippen molar-refractivity contribution in [2.75, 3.05) is 0 Å². The summed E-state index contributed by atoms with van der Waals surface area (Å²) in [5, 5.41) is 4.06. The zero-order valence-corrected chi connectivity index (χ0v) is 28.8. The van der Waals surface area contributed by atoms with Crippen molar-refractivity contribution < 1.29 is 49.1 Å². The number of hydrogen-bond acceptors (Lipinski definition) is 11. The zero-order valence-electron chi connectivity index (χ0n) is 28.8. The minimum absolute atomic E-state index is 0.109. The molecule has 0 bridgehead atoms. The monoisotopic (exact) mass is 781 g/mol. The Morgan fingerprint density at radius 2 is 1.12 bits per heavy atom. The van der Waals surface area contributed by atoms with Crippen LogP contribution in [0.3, 0.4) is 0 Å². The molecule has 0 aliphatic heterocycles. The van der Waals surface area contributed by atoms with E-state index in [1.54, 1.807) is 55.2 Å². The Bertz CT molecular complexity index is 2760. The van der Waals surface area contributed by atoms with Crippen molar-refractivity contribution in [1.82, 2.24) is 33.9 Å². The fourth-order valence-corrected chi connectivity index (χ4v) is 5.51. The quantitative estimate of drug-likeness (QED) is 0.143. The van der Waals surface area contributed by atoms with E-state index < -0.39 is 24.2 Å². The molecule has 0 saturated carbocycles. The van der Waals surface area contributed by atoms with E-state index in [2.05, 4.69) is 29.5 Å². The number of rotatable bonds is 8. The van der Waals surface area contributed by atoms with Crippen LogP contribution in [0, 0.1) is 6.92 Å². The third-order valence-corrected chi connectivity index (χ3v) is 8.02. The van der Waals surface area contributed by atoms with Crippen LogP contribution in [-0.2, 0) is 20.1 Å². The number of pyridine rings is 2. The molecule has 6 aromatic heterocycles. The molecular formula is C36H25F6N7O7. The first-order valence-corrected chi connectivity index (χ1v) is 16.2. The lowest BCUT2D eigenvalue weighted by Crippen LogP contribution is -2.17. The third-order valence-electron chi connectivity index (χ3n) is 8.02. The predicted octanol–water partition coefficient (Wildman–Crippen LogP) is 7.24. The molecule has 0 fully saturated rings. The van der Waals surface area contributed by atoms with Gasteiger partial charge in [0.05, 0.1) is 35.9 Å². The van der Waals surface area contributed by atoms with Crippen LogP contribution in [0.1, 0.15) is 17.3 Å². The number of aromatic nitrogens is 7. The van der Waals surface area contributed by atoms with Crippen LogP contribution in [0.2, 0.25) is 0 Å². The van der Waals surface area contributed by atoms with Crippen molar-refractivity contribution in [2.45, 2.75) is 32.7 Å². The number of halogens is 6. The van der Waals surface area contributed by atoms with Crippen LogP contribution in [0.5, 0.6) is 11.5 Å². The first-order valence-electron chi connectivity index (χ1n) is 16.2. The Morgan fingerprint density at radius 3 is 1.54 bits per heavy atom. The second kappa shape index (κ2) is 14.6. The highest BCUT2D eigenvalue weighted by molar-refractivity contribution is 5.75. The third kappa shape index (κ3) is 8.48. The van der Waals surface area contributed by atoms with Gasteiger partial charge in [-0.3, -0.25) is 13.8 Å². The van der Waals surface area contributed by atoms with Gasteiger partial charge in [0.15, 0.2) is 28.4 Å². The Kier molecular flexibility index (Phi) is 9.70. The highest BCUT2D eigenvalue weighted by Crippen LogP contribution is 2.28. The molecule has 0 atom stereocenters. The lowest BCUT2D eigenvalue weighted by Gasteiger charge is -2.09. The van der Waals surface area contributed by atoms with Crippen LogP contribution in [0.4, 0.5) is 26.3 Å². The molecule has 8 aromatic rings. The number of aryl methyl sites for hydroxylation is 2. The van der Waals surface area contributed by atoms with Crippen molar-refractivity contribution in [2.24, 2.45) is 7.05 Å². The number of benzene rings is 2. The van der Waals surface area contributed by atoms with Crippen LogP contribution in [0.25, 0.3) is 45.0 Å². The molecule has 0 aliphatic carbocycles. The van der Waals surface area contributed by atoms with E-state index in [1.165, 1.54) is 63.9 Å². The molecule has 0 N–H and O–H groups in total. The molecule has 0 unspecified atom stereocenters. The maximum Gasteiger partial charge on any atom is 0.573 e. The number of oxazole rings is 3. The SMILES string of the molecule is Cc1nc(Cn2c(=O)oc3ccc(-c4ccc(OC(F)(F)F)cc4)nc32)co1.Cn1nccc1Cn1c(=O)oc2ccc(-c3ccc(OC(F)(F)F)cc3)nc21. The second-order valence-electron chi connectivity index (χ2n) is 11.9. The summed E-state index contributed by atoms with van der Waals surface area (Å²) in [6.45, 7) is 2.01. The van der Waals surface area contributed by atoms with Crippen molar-refractivity contribution >= 4 is 22.5 Å². The van der Waals surface area contributed by atoms with Gasteiger partial charge < -0.3 is 22.7 Å². The molecule has 56 heavy (non-hydrogen) atoms. The lowest BCUT2D eigenvalue weighted by atomic mass is 10.1. The smallest absolute Gasteiger partial charge is 0.449 e. The van der Waals surface area contributed by atoms with Gasteiger partial charge in [0, 0.05) is 31.3 Å². The Labute approximate surface area is 308 Å². The van der Waals surface area contributed by atoms with E-state index in [0.29, 0.717) is 51.0 Å². The summed E-state index contributed by atoms with van der Waals surface area (Å²) in [6, 6.07) is 18.8. The molecule has 0 aliphatic rings. The summed E-state index contributed by atoms with van der Waals surface area (Å²) in [5.74, 6) is -1.36. The van der Waals surface area contributed by atoms with Crippen LogP contribution >= 0.6 is 0 Å². The van der Waals surface area contributed by atoms with Gasteiger partial charge in [0.1, 0.15) is 17.8 Å². The number of alkyl halides is 6. The fraction of sp³-hybridized carbons (Fsp3) is 0.167. The van der Waals surface area contributed by atoms with Gasteiger partial charge in [-0.1, -0.05) is 0 Å². The van der Waals surface area contributed by atoms with E-state index >= 15 is 0 Å². The molecule has 8 rings (SSSR count). The lowest BCUT2D eigenvalue weighted by molar-refractivity contribution is -0.275. The highest BCUT2D eigenvalue weighted by Gasteiger charge is 2.32. The Morgan fingerprint density at radius 1 is 0.643 bits per heavy atom. The zero-order chi connectivity index (χ0) is 39.8. The number of fused-ring (bicyclic) bond motifs is 2. The van der Waals surface area contributed by atoms with Gasteiger partial charge in [-0.25, -0.2) is 24.5 Å². The normalized spacial score (nSPS) is 11.9. The summed E-state index contributed by atoms with van der Waals surface area (Å²) >= 11 is 0. The Hall–Kier alpha value is -7.12. The molecule has 288 valence electrons. The van der Waals surface area contributed by atoms with Crippen molar-refractivity contribution in [1.29, 1.82) is 0 Å². The predicted molar refractivity (Wildman–Crippen MR) is 183 cm³/mol. The van der Waals surface area contributed by atoms with Crippen molar-refractivity contribution in [3.8, 4) is 34.0 Å². The maximum atomic E-state index is 12.3. The Balaban J connectivity index is 0.000000172. The van der Waals surface area contributed by atoms with Crippen molar-refractivity contribution in [3.05, 3.63) is 130 Å². The number of nitrogens with zero attached hydrogens (tertiary/aromatic N) is 7. The molecule has 2 aromatic carbocycles. The number of hydrogen-bond donors (Lipinski definition) is 0. The topological polar surface area (TPSA) is 158 Å². The van der Waals surface area contributed by atoms with E-state index in [9.17, 15) is 35.9 Å². The largest absolute Gasteiger partial charge is 0.573 e. The van der Waals surface area contributed by atoms with Gasteiger partial charge in [-0.15, -0.1) is 26.3 Å². The summed E-state index contributed by atoms with van der Waals surface area (Å²) in [4.78, 5) is 37.4. The minimum Gasteiger partial charge on any atom is -0.449 e. The van der Waals surface area contributed by atoms with E-state index in [1.807, 2.05) is 0 Å². The number of ether oxygens (including phenoxy) is 2. The molecule has 0 radical (unpaired) electrons. The highest BCUT2D eigenvalue weighted by atomic mass is 19.4. The van der Waals surface area contributed by atoms with Crippen LogP contribution < -0.4 is 21.0 Å². The molecule has 0 saturated heterocycles. The van der Waals surface area contributed by atoms with Gasteiger partial charge >= 0.3 is 24.2 Å². The van der Waals surface area contributed by atoms with Crippen LogP contribution in [-0.4, -0.2) is 46.6 Å². The molecule has 0 spiro atoms. The van der Waals surface area contributed by atoms with Gasteiger partial charge in [-0.05, 0) is 78.9 Å². The second-order valence-corrected chi connectivity index (χ2v) is 11.9. The standard InChI is InChI=1S/C18H13F3N4O3.C18H12F3N3O4/c1-24-12(8-9-22-24)10-25-16-15(27-17(25)26)7-6-14(23-16)11-2-4-13(5-3-11)28-18(19,20)21;1-10-22-12(9-26-10)8-24-16-15(27-17(24)25)7-6-14(23-16)11-2-4-13(5-3-11)28-18(19,20)21/h2-9H,10H2,1H3;2-7,9H,8H2,1H3. The summed E-state index contributed by atoms with van der Waals surface area (Å²) < 4.78 is 101. The molecule has 20 heteroatoms. The molecule has 6 heterocycles. The van der Waals surface area contributed by atoms with Crippen LogP contribution in [0.15, 0.2) is 114 Å². The summed E-state index contributed by atoms with van der Waals surface area (Å²) in [6.07, 6.45) is -6.46. The fourth-order valence-electron chi connectivity index (χ4n) is 5.51. The summed E-state index contributed by atoms with van der Waals surface area (Å²) in [5.41, 5.74) is 4.58. The average Bonchev–Trinajstić information content (AvgIpc) is 3.90. The molecule has 0 amide bonds. The van der Waals surface area contributed by atoms with E-state index in [-0.39, 0.29) is 30.2 Å². The minimum atomic E-state index is -4.76. The summed E-state index contributed by atoms with van der Waals surface area (Å²) in [7, 11) is 1.76. The van der Waals surface area contributed by atoms with Gasteiger partial charge in [0.25, 0.3) is 0 Å². The first kappa shape index (κ1) is 37.2. The molecular weight excluding hydrogens is 756 g/mol. The van der Waals surface area contributed by atoms with Gasteiger partial charge in [0.2, 0.25) is 0 Å². The van der Waals surface area contributed by atoms with E-state index in [0.717, 1.165) is 5.69 Å². The van der Waals surface area contributed by atoms with Crippen molar-refractivity contribution in [3.63, 3.8) is 0 Å². The molecule has 14 nitrogen and oxygen atoms in total. The van der Waals surface area contributed by atoms with Gasteiger partial charge in [-0.2, -0.15) is 5.10 Å². The first-order chi connectivity index (χ1) is 26.6. The van der Waals surface area contributed by atoms with E-state index in [4.69, 9.17) is 13.3 Å².